The zero-order chi connectivity index (χ0) is 5.28. The lowest BCUT2D eigenvalue weighted by Gasteiger charge is -1.83. The van der Waals surface area contributed by atoms with E-state index in [-0.39, 0.29) is 12.3 Å². The van der Waals surface area contributed by atoms with E-state index < -0.39 is 5.95 Å². The quantitative estimate of drug-likeness (QED) is 0.437. The van der Waals surface area contributed by atoms with Crippen molar-refractivity contribution in [1.82, 2.24) is 5.32 Å². The average molecular weight is 101 g/mol. The Morgan fingerprint density at radius 3 is 2.71 bits per heavy atom. The lowest BCUT2D eigenvalue weighted by Crippen LogP contribution is -2.12. The monoisotopic (exact) mass is 101 g/mol. The SMILES string of the molecule is O=C1CC=C(F)N1. The van der Waals surface area contributed by atoms with E-state index in [4.69, 9.17) is 0 Å². The highest BCUT2D eigenvalue weighted by Crippen LogP contribution is 2.01. The van der Waals surface area contributed by atoms with Crippen LogP contribution in [0.25, 0.3) is 0 Å². The molecule has 1 rings (SSSR count). The number of carbonyl (C=O) groups is 1. The molecular weight excluding hydrogens is 97.0 g/mol. The molecule has 0 aromatic carbocycles. The van der Waals surface area contributed by atoms with E-state index in [9.17, 15) is 9.18 Å². The number of nitrogens with one attached hydrogen (secondary N) is 1. The third kappa shape index (κ3) is 0.765. The van der Waals surface area contributed by atoms with Crippen LogP contribution in [-0.4, -0.2) is 5.91 Å². The molecule has 0 radical (unpaired) electrons. The minimum atomic E-state index is -0.523. The van der Waals surface area contributed by atoms with Crippen molar-refractivity contribution in [3.05, 3.63) is 12.0 Å². The molecule has 0 spiro atoms. The van der Waals surface area contributed by atoms with Gasteiger partial charge in [-0.05, 0) is 6.08 Å². The Balaban J connectivity index is 2.58. The molecule has 0 saturated carbocycles. The van der Waals surface area contributed by atoms with Gasteiger partial charge < -0.3 is 5.32 Å². The smallest absolute Gasteiger partial charge is 0.230 e. The Labute approximate surface area is 40.0 Å². The van der Waals surface area contributed by atoms with Crippen LogP contribution in [0, 0.1) is 0 Å². The topological polar surface area (TPSA) is 29.1 Å². The maximum atomic E-state index is 11.7. The lowest BCUT2D eigenvalue weighted by molar-refractivity contribution is -0.119. The Morgan fingerprint density at radius 2 is 2.57 bits per heavy atom. The summed E-state index contributed by atoms with van der Waals surface area (Å²) in [5, 5.41) is 1.97. The van der Waals surface area contributed by atoms with Gasteiger partial charge in [0.15, 0.2) is 5.95 Å². The summed E-state index contributed by atoms with van der Waals surface area (Å²) in [6, 6.07) is 0. The summed E-state index contributed by atoms with van der Waals surface area (Å²) in [5.74, 6) is -0.789. The van der Waals surface area contributed by atoms with E-state index in [0.29, 0.717) is 0 Å². The van der Waals surface area contributed by atoms with Crippen LogP contribution in [-0.2, 0) is 4.79 Å². The van der Waals surface area contributed by atoms with Crippen molar-refractivity contribution in [3.8, 4) is 0 Å². The van der Waals surface area contributed by atoms with Crippen LogP contribution in [0.1, 0.15) is 6.42 Å². The second-order valence-corrected chi connectivity index (χ2v) is 1.30. The first-order chi connectivity index (χ1) is 3.29. The van der Waals surface area contributed by atoms with Gasteiger partial charge in [0.1, 0.15) is 0 Å². The van der Waals surface area contributed by atoms with Crippen LogP contribution in [0.2, 0.25) is 0 Å². The molecule has 0 unspecified atom stereocenters. The molecule has 38 valence electrons. The second kappa shape index (κ2) is 1.33. The van der Waals surface area contributed by atoms with Crippen molar-refractivity contribution in [2.45, 2.75) is 6.42 Å². The average Bonchev–Trinajstić information content (AvgIpc) is 1.87. The summed E-state index contributed by atoms with van der Waals surface area (Å²) in [6.45, 7) is 0. The fourth-order valence-electron chi connectivity index (χ4n) is 0.418. The number of rotatable bonds is 0. The molecule has 0 atom stereocenters. The number of amides is 1. The maximum absolute atomic E-state index is 11.7. The van der Waals surface area contributed by atoms with Gasteiger partial charge in [0.05, 0.1) is 0 Å². The van der Waals surface area contributed by atoms with Crippen molar-refractivity contribution in [3.63, 3.8) is 0 Å². The minimum absolute atomic E-state index is 0.186. The summed E-state index contributed by atoms with van der Waals surface area (Å²) in [6.07, 6.45) is 1.40. The van der Waals surface area contributed by atoms with Crippen LogP contribution in [0.4, 0.5) is 4.39 Å². The predicted molar refractivity (Wildman–Crippen MR) is 22.0 cm³/mol. The van der Waals surface area contributed by atoms with E-state index in [1.165, 1.54) is 6.08 Å². The highest BCUT2D eigenvalue weighted by atomic mass is 19.1. The molecule has 0 aromatic rings. The second-order valence-electron chi connectivity index (χ2n) is 1.30. The molecule has 1 amide bonds. The maximum Gasteiger partial charge on any atom is 0.230 e. The summed E-state index contributed by atoms with van der Waals surface area (Å²) in [5.41, 5.74) is 0. The van der Waals surface area contributed by atoms with E-state index in [1.807, 2.05) is 5.32 Å². The fraction of sp³-hybridized carbons (Fsp3) is 0.250. The number of halogens is 1. The van der Waals surface area contributed by atoms with E-state index >= 15 is 0 Å². The molecule has 0 fully saturated rings. The third-order valence-corrected chi connectivity index (χ3v) is 0.726. The van der Waals surface area contributed by atoms with Crippen molar-refractivity contribution in [2.24, 2.45) is 0 Å². The summed E-state index contributed by atoms with van der Waals surface area (Å²) in [4.78, 5) is 10.1. The largest absolute Gasteiger partial charge is 0.302 e. The Morgan fingerprint density at radius 1 is 1.86 bits per heavy atom. The third-order valence-electron chi connectivity index (χ3n) is 0.726. The molecule has 1 N–H and O–H groups in total. The van der Waals surface area contributed by atoms with Crippen molar-refractivity contribution >= 4 is 5.91 Å². The van der Waals surface area contributed by atoms with Gasteiger partial charge in [-0.3, -0.25) is 4.79 Å². The minimum Gasteiger partial charge on any atom is -0.302 e. The van der Waals surface area contributed by atoms with Gasteiger partial charge in [-0.1, -0.05) is 0 Å². The van der Waals surface area contributed by atoms with E-state index in [0.717, 1.165) is 0 Å². The van der Waals surface area contributed by atoms with Crippen LogP contribution in [0.3, 0.4) is 0 Å². The molecule has 3 heteroatoms. The van der Waals surface area contributed by atoms with Gasteiger partial charge in [-0.2, -0.15) is 4.39 Å². The lowest BCUT2D eigenvalue weighted by atomic mass is 10.5. The molecule has 1 aliphatic rings. The Hall–Kier alpha value is -0.860. The van der Waals surface area contributed by atoms with Gasteiger partial charge in [-0.15, -0.1) is 0 Å². The summed E-state index contributed by atoms with van der Waals surface area (Å²) >= 11 is 0. The molecule has 0 saturated heterocycles. The molecule has 0 aliphatic carbocycles. The van der Waals surface area contributed by atoms with Gasteiger partial charge in [0, 0.05) is 6.42 Å². The van der Waals surface area contributed by atoms with Crippen molar-refractivity contribution in [2.75, 3.05) is 0 Å². The van der Waals surface area contributed by atoms with Gasteiger partial charge >= 0.3 is 0 Å². The summed E-state index contributed by atoms with van der Waals surface area (Å²) < 4.78 is 11.7. The number of carbonyl (C=O) groups excluding carboxylic acids is 1. The number of hydrogen-bond acceptors (Lipinski definition) is 1. The molecule has 2 nitrogen and oxygen atoms in total. The van der Waals surface area contributed by atoms with Crippen LogP contribution in [0.15, 0.2) is 12.0 Å². The van der Waals surface area contributed by atoms with Crippen LogP contribution >= 0.6 is 0 Å². The highest BCUT2D eigenvalue weighted by molar-refractivity contribution is 5.81. The molecular formula is C4H4FNO. The molecule has 0 bridgehead atoms. The fourth-order valence-corrected chi connectivity index (χ4v) is 0.418. The molecule has 1 heterocycles. The zero-order valence-corrected chi connectivity index (χ0v) is 3.57. The van der Waals surface area contributed by atoms with Gasteiger partial charge in [0.2, 0.25) is 5.91 Å². The molecule has 7 heavy (non-hydrogen) atoms. The Bertz CT molecular complexity index is 130. The van der Waals surface area contributed by atoms with E-state index in [1.54, 1.807) is 0 Å². The highest BCUT2D eigenvalue weighted by Gasteiger charge is 2.08. The zero-order valence-electron chi connectivity index (χ0n) is 3.57. The van der Waals surface area contributed by atoms with E-state index in [2.05, 4.69) is 0 Å². The first kappa shape index (κ1) is 4.30. The van der Waals surface area contributed by atoms with Crippen molar-refractivity contribution in [1.29, 1.82) is 0 Å². The van der Waals surface area contributed by atoms with Gasteiger partial charge in [0.25, 0.3) is 0 Å². The molecule has 1 aliphatic heterocycles. The predicted octanol–water partition coefficient (Wildman–Crippen LogP) is 0.317. The normalized spacial score (nSPS) is 19.0. The Kier molecular flexibility index (Phi) is 0.817. The number of hydrogen-bond donors (Lipinski definition) is 1. The molecule has 0 aromatic heterocycles. The first-order valence-electron chi connectivity index (χ1n) is 1.94. The van der Waals surface area contributed by atoms with Crippen molar-refractivity contribution < 1.29 is 9.18 Å². The first-order valence-corrected chi connectivity index (χ1v) is 1.94. The summed E-state index contributed by atoms with van der Waals surface area (Å²) in [7, 11) is 0. The van der Waals surface area contributed by atoms with Crippen LogP contribution < -0.4 is 5.32 Å². The van der Waals surface area contributed by atoms with Crippen LogP contribution in [0.5, 0.6) is 0 Å². The van der Waals surface area contributed by atoms with Gasteiger partial charge in [-0.25, -0.2) is 0 Å². The standard InChI is InChI=1S/C4H4FNO/c5-3-1-2-4(7)6-3/h1H,2H2,(H,6,7).